The maximum Gasteiger partial charge on any atom is 0.225 e. The monoisotopic (exact) mass is 244 g/mol. The lowest BCUT2D eigenvalue weighted by atomic mass is 10.1. The zero-order chi connectivity index (χ0) is 13.0. The Hall–Kier alpha value is -1.90. The summed E-state index contributed by atoms with van der Waals surface area (Å²) in [5.74, 6) is -0.0137. The fourth-order valence-electron chi connectivity index (χ4n) is 1.90. The number of nitrogens with zero attached hydrogens (tertiary/aromatic N) is 2. The van der Waals surface area contributed by atoms with Gasteiger partial charge in [-0.05, 0) is 24.3 Å². The summed E-state index contributed by atoms with van der Waals surface area (Å²) < 4.78 is 0. The predicted molar refractivity (Wildman–Crippen MR) is 68.8 cm³/mol. The number of amides is 1. The van der Waals surface area contributed by atoms with E-state index in [-0.39, 0.29) is 11.9 Å². The van der Waals surface area contributed by atoms with Crippen LogP contribution in [0.2, 0.25) is 0 Å². The lowest BCUT2D eigenvalue weighted by Gasteiger charge is -2.36. The average molecular weight is 244 g/mol. The summed E-state index contributed by atoms with van der Waals surface area (Å²) in [6, 6.07) is 9.14. The van der Waals surface area contributed by atoms with Crippen LogP contribution in [0.25, 0.3) is 0 Å². The molecule has 0 aromatic heterocycles. The molecular weight excluding hydrogens is 228 g/mol. The van der Waals surface area contributed by atoms with Gasteiger partial charge < -0.3 is 11.1 Å². The first-order valence-corrected chi connectivity index (χ1v) is 5.95. The molecule has 1 amide bonds. The molecule has 0 bridgehead atoms. The summed E-state index contributed by atoms with van der Waals surface area (Å²) in [5, 5.41) is 11.5. The number of carbonyl (C=O) groups is 1. The maximum atomic E-state index is 11.7. The second-order valence-electron chi connectivity index (χ2n) is 4.51. The zero-order valence-electron chi connectivity index (χ0n) is 10.1. The quantitative estimate of drug-likeness (QED) is 0.809. The highest BCUT2D eigenvalue weighted by Crippen LogP contribution is 2.10. The predicted octanol–water partition coefficient (Wildman–Crippen LogP) is 0.530. The molecule has 0 spiro atoms. The number of hydrogen-bond donors (Lipinski definition) is 2. The number of carbonyl (C=O) groups excluding carboxylic acids is 1. The van der Waals surface area contributed by atoms with Gasteiger partial charge in [-0.3, -0.25) is 9.69 Å². The molecule has 0 atom stereocenters. The van der Waals surface area contributed by atoms with E-state index in [9.17, 15) is 4.79 Å². The highest BCUT2D eigenvalue weighted by atomic mass is 16.1. The van der Waals surface area contributed by atoms with Gasteiger partial charge in [0.25, 0.3) is 0 Å². The van der Waals surface area contributed by atoms with E-state index in [0.29, 0.717) is 12.0 Å². The van der Waals surface area contributed by atoms with Crippen LogP contribution in [0.4, 0.5) is 5.69 Å². The molecule has 2 rings (SSSR count). The highest BCUT2D eigenvalue weighted by Gasteiger charge is 2.22. The molecule has 1 aliphatic rings. The van der Waals surface area contributed by atoms with E-state index < -0.39 is 0 Å². The van der Waals surface area contributed by atoms with Gasteiger partial charge in [0.2, 0.25) is 5.91 Å². The molecule has 1 aliphatic heterocycles. The molecule has 94 valence electrons. The summed E-state index contributed by atoms with van der Waals surface area (Å²) in [4.78, 5) is 13.8. The lowest BCUT2D eigenvalue weighted by Crippen LogP contribution is -2.56. The Labute approximate surface area is 106 Å². The van der Waals surface area contributed by atoms with Crippen LogP contribution in [0.5, 0.6) is 0 Å². The highest BCUT2D eigenvalue weighted by molar-refractivity contribution is 5.90. The van der Waals surface area contributed by atoms with Crippen molar-refractivity contribution in [3.63, 3.8) is 0 Å². The van der Waals surface area contributed by atoms with Crippen LogP contribution in [0.3, 0.4) is 0 Å². The molecule has 1 saturated heterocycles. The molecular formula is C13H16N4O. The Morgan fingerprint density at radius 2 is 2.11 bits per heavy atom. The van der Waals surface area contributed by atoms with Gasteiger partial charge in [-0.2, -0.15) is 5.26 Å². The standard InChI is InChI=1S/C13H16N4O/c14-7-10-1-3-12(4-2-10)16-13(18)5-6-17-8-11(15)9-17/h1-4,11H,5-6,8-9,15H2,(H,16,18). The minimum Gasteiger partial charge on any atom is -0.326 e. The van der Waals surface area contributed by atoms with Crippen molar-refractivity contribution in [2.45, 2.75) is 12.5 Å². The Balaban J connectivity index is 1.74. The Bertz CT molecular complexity index is 457. The molecule has 0 unspecified atom stereocenters. The number of nitrogens with two attached hydrogens (primary N) is 1. The third-order valence-electron chi connectivity index (χ3n) is 2.94. The van der Waals surface area contributed by atoms with Crippen LogP contribution in [0.1, 0.15) is 12.0 Å². The van der Waals surface area contributed by atoms with Gasteiger partial charge in [0.05, 0.1) is 11.6 Å². The van der Waals surface area contributed by atoms with Crippen molar-refractivity contribution >= 4 is 11.6 Å². The summed E-state index contributed by atoms with van der Waals surface area (Å²) in [6.07, 6.45) is 0.465. The number of nitriles is 1. The van der Waals surface area contributed by atoms with Crippen molar-refractivity contribution in [1.29, 1.82) is 5.26 Å². The third-order valence-corrected chi connectivity index (χ3v) is 2.94. The molecule has 1 aromatic rings. The first kappa shape index (κ1) is 12.6. The number of likely N-dealkylation sites (tertiary alicyclic amines) is 1. The number of anilines is 1. The molecule has 18 heavy (non-hydrogen) atoms. The second-order valence-corrected chi connectivity index (χ2v) is 4.51. The first-order chi connectivity index (χ1) is 8.67. The summed E-state index contributed by atoms with van der Waals surface area (Å²) in [7, 11) is 0. The van der Waals surface area contributed by atoms with Gasteiger partial charge in [0.1, 0.15) is 0 Å². The molecule has 1 fully saturated rings. The number of benzene rings is 1. The van der Waals surface area contributed by atoms with Crippen molar-refractivity contribution in [2.75, 3.05) is 25.0 Å². The SMILES string of the molecule is N#Cc1ccc(NC(=O)CCN2CC(N)C2)cc1. The van der Waals surface area contributed by atoms with Crippen LogP contribution < -0.4 is 11.1 Å². The van der Waals surface area contributed by atoms with Gasteiger partial charge >= 0.3 is 0 Å². The van der Waals surface area contributed by atoms with Gasteiger partial charge in [-0.15, -0.1) is 0 Å². The van der Waals surface area contributed by atoms with Crippen molar-refractivity contribution in [1.82, 2.24) is 4.90 Å². The summed E-state index contributed by atoms with van der Waals surface area (Å²) in [5.41, 5.74) is 6.96. The van der Waals surface area contributed by atoms with Crippen molar-refractivity contribution in [2.24, 2.45) is 5.73 Å². The summed E-state index contributed by atoms with van der Waals surface area (Å²) in [6.45, 7) is 2.50. The molecule has 0 radical (unpaired) electrons. The fourth-order valence-corrected chi connectivity index (χ4v) is 1.90. The van der Waals surface area contributed by atoms with Gasteiger partial charge in [0, 0.05) is 37.8 Å². The smallest absolute Gasteiger partial charge is 0.225 e. The topological polar surface area (TPSA) is 82.2 Å². The number of nitrogens with one attached hydrogen (secondary N) is 1. The van der Waals surface area contributed by atoms with Crippen LogP contribution >= 0.6 is 0 Å². The number of rotatable bonds is 4. The van der Waals surface area contributed by atoms with Crippen LogP contribution in [-0.2, 0) is 4.79 Å². The molecule has 0 saturated carbocycles. The fraction of sp³-hybridized carbons (Fsp3) is 0.385. The van der Waals surface area contributed by atoms with Crippen LogP contribution in [-0.4, -0.2) is 36.5 Å². The molecule has 0 aliphatic carbocycles. The van der Waals surface area contributed by atoms with E-state index in [1.54, 1.807) is 24.3 Å². The number of hydrogen-bond acceptors (Lipinski definition) is 4. The van der Waals surface area contributed by atoms with Gasteiger partial charge in [-0.25, -0.2) is 0 Å². The maximum absolute atomic E-state index is 11.7. The average Bonchev–Trinajstić information content (AvgIpc) is 2.34. The third kappa shape index (κ3) is 3.29. The normalized spacial score (nSPS) is 15.8. The van der Waals surface area contributed by atoms with Gasteiger partial charge in [0.15, 0.2) is 0 Å². The molecule has 5 heteroatoms. The second kappa shape index (κ2) is 5.63. The van der Waals surface area contributed by atoms with E-state index in [2.05, 4.69) is 10.2 Å². The molecule has 3 N–H and O–H groups in total. The van der Waals surface area contributed by atoms with E-state index in [0.717, 1.165) is 25.3 Å². The minimum absolute atomic E-state index is 0.0137. The minimum atomic E-state index is -0.0137. The van der Waals surface area contributed by atoms with E-state index >= 15 is 0 Å². The molecule has 5 nitrogen and oxygen atoms in total. The van der Waals surface area contributed by atoms with Crippen LogP contribution in [0.15, 0.2) is 24.3 Å². The Kier molecular flexibility index (Phi) is 3.92. The van der Waals surface area contributed by atoms with E-state index in [4.69, 9.17) is 11.0 Å². The van der Waals surface area contributed by atoms with Crippen molar-refractivity contribution in [3.05, 3.63) is 29.8 Å². The molecule has 1 aromatic carbocycles. The van der Waals surface area contributed by atoms with Crippen LogP contribution in [0, 0.1) is 11.3 Å². The Morgan fingerprint density at radius 3 is 2.67 bits per heavy atom. The first-order valence-electron chi connectivity index (χ1n) is 5.95. The zero-order valence-corrected chi connectivity index (χ0v) is 10.1. The van der Waals surface area contributed by atoms with Crippen molar-refractivity contribution in [3.8, 4) is 6.07 Å². The Morgan fingerprint density at radius 1 is 1.44 bits per heavy atom. The van der Waals surface area contributed by atoms with Crippen molar-refractivity contribution < 1.29 is 4.79 Å². The largest absolute Gasteiger partial charge is 0.326 e. The lowest BCUT2D eigenvalue weighted by molar-refractivity contribution is -0.116. The van der Waals surface area contributed by atoms with Gasteiger partial charge in [-0.1, -0.05) is 0 Å². The summed E-state index contributed by atoms with van der Waals surface area (Å²) >= 11 is 0. The molecule has 1 heterocycles. The van der Waals surface area contributed by atoms with E-state index in [1.807, 2.05) is 6.07 Å². The van der Waals surface area contributed by atoms with E-state index in [1.165, 1.54) is 0 Å².